The highest BCUT2D eigenvalue weighted by Gasteiger charge is 2.17. The molecule has 0 aliphatic rings. The molecular formula is C23H17ClN6O2S2. The number of hydrogen-bond acceptors (Lipinski definition) is 7. The fraction of sp³-hybridized carbons (Fsp3) is 0.0870. The van der Waals surface area contributed by atoms with Gasteiger partial charge in [0.25, 0.3) is 5.91 Å². The van der Waals surface area contributed by atoms with Crippen LogP contribution >= 0.6 is 35.2 Å². The van der Waals surface area contributed by atoms with Gasteiger partial charge in [0.05, 0.1) is 0 Å². The number of carbonyl (C=O) groups is 1. The monoisotopic (exact) mass is 508 g/mol. The van der Waals surface area contributed by atoms with E-state index < -0.39 is 5.91 Å². The van der Waals surface area contributed by atoms with Gasteiger partial charge in [-0.25, -0.2) is 0 Å². The maximum Gasteiger partial charge on any atom is 0.293 e. The van der Waals surface area contributed by atoms with E-state index in [1.165, 1.54) is 11.3 Å². The lowest BCUT2D eigenvalue weighted by atomic mass is 10.1. The van der Waals surface area contributed by atoms with E-state index in [2.05, 4.69) is 25.9 Å². The number of nitrogens with one attached hydrogen (secondary N) is 2. The number of fused-ring (bicyclic) bond motifs is 1. The van der Waals surface area contributed by atoms with E-state index in [1.54, 1.807) is 28.8 Å². The van der Waals surface area contributed by atoms with E-state index >= 15 is 0 Å². The molecule has 0 radical (unpaired) electrons. The Morgan fingerprint density at radius 1 is 1.09 bits per heavy atom. The summed E-state index contributed by atoms with van der Waals surface area (Å²) in [7, 11) is 0. The molecule has 5 rings (SSSR count). The zero-order chi connectivity index (χ0) is 23.8. The van der Waals surface area contributed by atoms with Crippen LogP contribution in [0.25, 0.3) is 26.9 Å². The van der Waals surface area contributed by atoms with Crippen molar-refractivity contribution in [3.63, 3.8) is 0 Å². The third-order valence-corrected chi connectivity index (χ3v) is 6.53. The summed E-state index contributed by atoms with van der Waals surface area (Å²) in [4.78, 5) is 13.4. The van der Waals surface area contributed by atoms with Gasteiger partial charge < -0.3 is 9.73 Å². The van der Waals surface area contributed by atoms with Gasteiger partial charge in [-0.05, 0) is 74.1 Å². The van der Waals surface area contributed by atoms with Gasteiger partial charge in [0.2, 0.25) is 4.96 Å². The van der Waals surface area contributed by atoms with Gasteiger partial charge in [-0.15, -0.1) is 10.2 Å². The van der Waals surface area contributed by atoms with E-state index in [-0.39, 0.29) is 10.9 Å². The second kappa shape index (κ2) is 8.98. The molecule has 5 aromatic rings. The molecule has 0 bridgehead atoms. The smallest absolute Gasteiger partial charge is 0.293 e. The highest BCUT2D eigenvalue weighted by Crippen LogP contribution is 2.31. The molecule has 34 heavy (non-hydrogen) atoms. The van der Waals surface area contributed by atoms with E-state index in [1.807, 2.05) is 44.2 Å². The molecule has 2 N–H and O–H groups in total. The second-order valence-corrected chi connectivity index (χ2v) is 9.21. The lowest BCUT2D eigenvalue weighted by Crippen LogP contribution is -2.34. The Balaban J connectivity index is 1.29. The van der Waals surface area contributed by atoms with Gasteiger partial charge in [0, 0.05) is 21.8 Å². The number of hydrogen-bond donors (Lipinski definition) is 2. The van der Waals surface area contributed by atoms with Crippen LogP contribution in [0, 0.1) is 13.8 Å². The average molecular weight is 509 g/mol. The minimum Gasteiger partial charge on any atom is -0.451 e. The van der Waals surface area contributed by atoms with Crippen molar-refractivity contribution in [2.45, 2.75) is 13.8 Å². The molecule has 0 saturated heterocycles. The first kappa shape index (κ1) is 22.2. The largest absolute Gasteiger partial charge is 0.451 e. The van der Waals surface area contributed by atoms with Crippen LogP contribution in [0.2, 0.25) is 5.02 Å². The third-order valence-electron chi connectivity index (χ3n) is 5.14. The fourth-order valence-corrected chi connectivity index (χ4v) is 4.67. The molecule has 0 atom stereocenters. The van der Waals surface area contributed by atoms with E-state index in [9.17, 15) is 4.79 Å². The Morgan fingerprint density at radius 3 is 2.65 bits per heavy atom. The highest BCUT2D eigenvalue weighted by atomic mass is 35.5. The fourth-order valence-electron chi connectivity index (χ4n) is 3.37. The van der Waals surface area contributed by atoms with Crippen molar-refractivity contribution in [1.82, 2.24) is 25.1 Å². The molecule has 0 saturated carbocycles. The summed E-state index contributed by atoms with van der Waals surface area (Å²) in [6.45, 7) is 3.81. The van der Waals surface area contributed by atoms with Crippen molar-refractivity contribution in [2.24, 2.45) is 0 Å². The number of aromatic nitrogens is 4. The Bertz CT molecular complexity index is 1540. The molecule has 3 aromatic heterocycles. The van der Waals surface area contributed by atoms with Crippen LogP contribution in [0.3, 0.4) is 0 Å². The minimum absolute atomic E-state index is 0.148. The molecule has 170 valence electrons. The van der Waals surface area contributed by atoms with E-state index in [0.29, 0.717) is 10.8 Å². The molecule has 11 heteroatoms. The molecule has 8 nitrogen and oxygen atoms in total. The molecular weight excluding hydrogens is 492 g/mol. The van der Waals surface area contributed by atoms with Crippen molar-refractivity contribution < 1.29 is 9.21 Å². The van der Waals surface area contributed by atoms with Crippen LogP contribution in [-0.4, -0.2) is 30.8 Å². The maximum atomic E-state index is 12.6. The number of thiocarbonyl (C=S) groups is 1. The lowest BCUT2D eigenvalue weighted by molar-refractivity contribution is 0.0951. The van der Waals surface area contributed by atoms with Crippen LogP contribution in [0.1, 0.15) is 21.9 Å². The molecule has 0 spiro atoms. The topological polar surface area (TPSA) is 97.3 Å². The standard InChI is InChI=1S/C23H17ClN6O2S2/c1-12-16(21-29-30-13(2)27-28-23(30)34-21)4-3-5-17(12)25-22(33)26-20(31)19-11-10-18(32-19)14-6-8-15(24)9-7-14/h3-11H,1-2H3,(H2,25,26,31,33). The quantitative estimate of drug-likeness (QED) is 0.309. The van der Waals surface area contributed by atoms with E-state index in [0.717, 1.165) is 38.2 Å². The number of carbonyl (C=O) groups excluding carboxylic acids is 1. The molecule has 0 unspecified atom stereocenters. The SMILES string of the molecule is Cc1c(NC(=S)NC(=O)c2ccc(-c3ccc(Cl)cc3)o2)cccc1-c1nn2c(C)nnc2s1. The number of amides is 1. The normalized spacial score (nSPS) is 11.0. The molecule has 0 fully saturated rings. The summed E-state index contributed by atoms with van der Waals surface area (Å²) >= 11 is 12.7. The number of anilines is 1. The zero-order valence-corrected chi connectivity index (χ0v) is 20.4. The van der Waals surface area contributed by atoms with Crippen molar-refractivity contribution in [1.29, 1.82) is 0 Å². The Labute approximate surface area is 208 Å². The number of benzene rings is 2. The summed E-state index contributed by atoms with van der Waals surface area (Å²) in [6, 6.07) is 16.2. The Kier molecular flexibility index (Phi) is 5.86. The van der Waals surface area contributed by atoms with Crippen LogP contribution in [-0.2, 0) is 0 Å². The Hall–Kier alpha value is -3.60. The lowest BCUT2D eigenvalue weighted by Gasteiger charge is -2.13. The van der Waals surface area contributed by atoms with Crippen molar-refractivity contribution >= 4 is 56.8 Å². The zero-order valence-electron chi connectivity index (χ0n) is 18.0. The minimum atomic E-state index is -0.448. The molecule has 1 amide bonds. The van der Waals surface area contributed by atoms with Gasteiger partial charge in [0.1, 0.15) is 10.8 Å². The van der Waals surface area contributed by atoms with Crippen molar-refractivity contribution in [3.05, 3.63) is 76.8 Å². The van der Waals surface area contributed by atoms with Crippen LogP contribution < -0.4 is 10.6 Å². The number of nitrogens with zero attached hydrogens (tertiary/aromatic N) is 4. The molecule has 0 aliphatic carbocycles. The molecule has 0 aliphatic heterocycles. The number of halogens is 1. The van der Waals surface area contributed by atoms with Gasteiger partial charge in [-0.2, -0.15) is 9.61 Å². The third kappa shape index (κ3) is 4.30. The summed E-state index contributed by atoms with van der Waals surface area (Å²) in [5, 5.41) is 20.1. The number of aryl methyl sites for hydroxylation is 1. The average Bonchev–Trinajstić information content (AvgIpc) is 3.54. The molecule has 3 heterocycles. The van der Waals surface area contributed by atoms with Crippen molar-refractivity contribution in [2.75, 3.05) is 5.32 Å². The first-order chi connectivity index (χ1) is 16.4. The van der Waals surface area contributed by atoms with Crippen molar-refractivity contribution in [3.8, 4) is 21.9 Å². The summed E-state index contributed by atoms with van der Waals surface area (Å²) in [6.07, 6.45) is 0. The predicted molar refractivity (Wildman–Crippen MR) is 136 cm³/mol. The summed E-state index contributed by atoms with van der Waals surface area (Å²) in [5.74, 6) is 0.986. The van der Waals surface area contributed by atoms with Gasteiger partial charge in [-0.1, -0.05) is 35.1 Å². The summed E-state index contributed by atoms with van der Waals surface area (Å²) < 4.78 is 7.41. The van der Waals surface area contributed by atoms with Crippen LogP contribution in [0.4, 0.5) is 5.69 Å². The van der Waals surface area contributed by atoms with Crippen LogP contribution in [0.15, 0.2) is 59.0 Å². The first-order valence-electron chi connectivity index (χ1n) is 10.2. The van der Waals surface area contributed by atoms with Gasteiger partial charge in [0.15, 0.2) is 16.7 Å². The van der Waals surface area contributed by atoms with E-state index in [4.69, 9.17) is 28.2 Å². The van der Waals surface area contributed by atoms with Gasteiger partial charge >= 0.3 is 0 Å². The highest BCUT2D eigenvalue weighted by molar-refractivity contribution is 7.80. The van der Waals surface area contributed by atoms with Gasteiger partial charge in [-0.3, -0.25) is 10.1 Å². The summed E-state index contributed by atoms with van der Waals surface area (Å²) in [5.41, 5.74) is 3.45. The molecule has 2 aromatic carbocycles. The second-order valence-electron chi connectivity index (χ2n) is 7.41. The predicted octanol–water partition coefficient (Wildman–Crippen LogP) is 5.51. The maximum absolute atomic E-state index is 12.6. The van der Waals surface area contributed by atoms with Crippen LogP contribution in [0.5, 0.6) is 0 Å². The number of rotatable bonds is 4. The Morgan fingerprint density at radius 2 is 1.88 bits per heavy atom. The first-order valence-corrected chi connectivity index (χ1v) is 11.8. The number of furan rings is 1.